The van der Waals surface area contributed by atoms with Crippen molar-refractivity contribution in [1.29, 1.82) is 0 Å². The SMILES string of the molecule is CCCCCC(=O)C(C)(C(=O)CCCCC)P(=O)(O)OC[C@H](O)CO. The summed E-state index contributed by atoms with van der Waals surface area (Å²) in [6.07, 6.45) is 3.10. The van der Waals surface area contributed by atoms with Gasteiger partial charge in [-0.2, -0.15) is 0 Å². The number of hydrogen-bond donors (Lipinski definition) is 3. The van der Waals surface area contributed by atoms with E-state index in [1.807, 2.05) is 13.8 Å². The van der Waals surface area contributed by atoms with Crippen molar-refractivity contribution in [2.75, 3.05) is 13.2 Å². The Hall–Kier alpha value is -0.590. The van der Waals surface area contributed by atoms with Crippen molar-refractivity contribution < 1.29 is 33.8 Å². The molecule has 0 saturated heterocycles. The Kier molecular flexibility index (Phi) is 11.6. The van der Waals surface area contributed by atoms with E-state index in [0.29, 0.717) is 12.8 Å². The summed E-state index contributed by atoms with van der Waals surface area (Å²) in [5.41, 5.74) is 0. The van der Waals surface area contributed by atoms with Crippen LogP contribution in [0.4, 0.5) is 0 Å². The van der Waals surface area contributed by atoms with Gasteiger partial charge < -0.3 is 19.6 Å². The Labute approximate surface area is 150 Å². The fraction of sp³-hybridized carbons (Fsp3) is 0.882. The van der Waals surface area contributed by atoms with E-state index in [1.165, 1.54) is 6.92 Å². The minimum Gasteiger partial charge on any atom is -0.394 e. The van der Waals surface area contributed by atoms with Crippen molar-refractivity contribution in [3.05, 3.63) is 0 Å². The highest BCUT2D eigenvalue weighted by Gasteiger charge is 2.55. The van der Waals surface area contributed by atoms with E-state index in [1.54, 1.807) is 0 Å². The summed E-state index contributed by atoms with van der Waals surface area (Å²) in [5.74, 6) is -1.21. The highest BCUT2D eigenvalue weighted by Crippen LogP contribution is 2.57. The molecule has 0 radical (unpaired) electrons. The number of aliphatic hydroxyl groups excluding tert-OH is 2. The van der Waals surface area contributed by atoms with Crippen molar-refractivity contribution in [3.63, 3.8) is 0 Å². The molecule has 0 heterocycles. The van der Waals surface area contributed by atoms with Crippen LogP contribution in [-0.4, -0.2) is 51.1 Å². The van der Waals surface area contributed by atoms with Gasteiger partial charge in [0.25, 0.3) is 0 Å². The van der Waals surface area contributed by atoms with E-state index < -0.39 is 43.6 Å². The van der Waals surface area contributed by atoms with Crippen LogP contribution in [-0.2, 0) is 18.7 Å². The Bertz CT molecular complexity index is 442. The monoisotopic (exact) mass is 380 g/mol. The van der Waals surface area contributed by atoms with Crippen LogP contribution in [0, 0.1) is 0 Å². The van der Waals surface area contributed by atoms with Gasteiger partial charge in [-0.1, -0.05) is 39.5 Å². The molecule has 0 aromatic heterocycles. The van der Waals surface area contributed by atoms with Crippen LogP contribution in [0.1, 0.15) is 72.1 Å². The maximum absolute atomic E-state index is 12.7. The molecule has 0 fully saturated rings. The van der Waals surface area contributed by atoms with Gasteiger partial charge >= 0.3 is 7.60 Å². The molecule has 0 aromatic rings. The average molecular weight is 380 g/mol. The van der Waals surface area contributed by atoms with Crippen LogP contribution in [0.25, 0.3) is 0 Å². The van der Waals surface area contributed by atoms with Crippen LogP contribution < -0.4 is 0 Å². The van der Waals surface area contributed by atoms with Crippen molar-refractivity contribution >= 4 is 19.2 Å². The summed E-state index contributed by atoms with van der Waals surface area (Å²) in [5, 5.41) is 16.0. The lowest BCUT2D eigenvalue weighted by atomic mass is 9.92. The molecule has 0 aliphatic heterocycles. The van der Waals surface area contributed by atoms with Crippen LogP contribution in [0.3, 0.4) is 0 Å². The first kappa shape index (κ1) is 24.4. The van der Waals surface area contributed by atoms with Crippen molar-refractivity contribution in [3.8, 4) is 0 Å². The van der Waals surface area contributed by atoms with Gasteiger partial charge in [0, 0.05) is 12.8 Å². The second kappa shape index (κ2) is 11.9. The fourth-order valence-electron chi connectivity index (χ4n) is 2.40. The average Bonchev–Trinajstić information content (AvgIpc) is 2.58. The lowest BCUT2D eigenvalue weighted by Gasteiger charge is -2.31. The molecule has 0 amide bonds. The first-order chi connectivity index (χ1) is 11.7. The lowest BCUT2D eigenvalue weighted by Crippen LogP contribution is -2.44. The Morgan fingerprint density at radius 2 is 1.48 bits per heavy atom. The molecule has 0 aliphatic carbocycles. The molecule has 2 atom stereocenters. The molecule has 25 heavy (non-hydrogen) atoms. The summed E-state index contributed by atoms with van der Waals surface area (Å²) in [7, 11) is -4.66. The minimum atomic E-state index is -4.66. The topological polar surface area (TPSA) is 121 Å². The largest absolute Gasteiger partial charge is 0.394 e. The third-order valence-corrected chi connectivity index (χ3v) is 6.45. The lowest BCUT2D eigenvalue weighted by molar-refractivity contribution is -0.131. The van der Waals surface area contributed by atoms with Gasteiger partial charge in [0.15, 0.2) is 16.7 Å². The Morgan fingerprint density at radius 1 is 1.04 bits per heavy atom. The third kappa shape index (κ3) is 7.27. The molecule has 0 spiro atoms. The predicted octanol–water partition coefficient (Wildman–Crippen LogP) is 2.60. The van der Waals surface area contributed by atoms with Crippen LogP contribution in [0.15, 0.2) is 0 Å². The minimum absolute atomic E-state index is 0.0281. The van der Waals surface area contributed by atoms with E-state index in [0.717, 1.165) is 25.7 Å². The first-order valence-electron chi connectivity index (χ1n) is 9.00. The van der Waals surface area contributed by atoms with E-state index in [9.17, 15) is 24.2 Å². The molecule has 148 valence electrons. The first-order valence-corrected chi connectivity index (χ1v) is 10.6. The van der Waals surface area contributed by atoms with Crippen LogP contribution >= 0.6 is 7.60 Å². The molecule has 0 aromatic carbocycles. The molecule has 8 heteroatoms. The molecule has 0 saturated carbocycles. The molecule has 0 aliphatic rings. The number of unbranched alkanes of at least 4 members (excludes halogenated alkanes) is 4. The number of rotatable bonds is 15. The summed E-state index contributed by atoms with van der Waals surface area (Å²) in [4.78, 5) is 35.6. The van der Waals surface area contributed by atoms with E-state index in [2.05, 4.69) is 0 Å². The maximum atomic E-state index is 12.7. The molecule has 0 rings (SSSR count). The third-order valence-electron chi connectivity index (χ3n) is 4.32. The van der Waals surface area contributed by atoms with E-state index >= 15 is 0 Å². The van der Waals surface area contributed by atoms with Crippen molar-refractivity contribution in [1.82, 2.24) is 0 Å². The van der Waals surface area contributed by atoms with Gasteiger partial charge in [0.1, 0.15) is 6.10 Å². The number of hydrogen-bond acceptors (Lipinski definition) is 6. The standard InChI is InChI=1S/C17H33O7P/c1-4-6-8-10-15(20)17(3,16(21)11-9-7-5-2)25(22,23)24-13-14(19)12-18/h14,18-19H,4-13H2,1-3H3,(H,22,23)/t14-/m1/s1. The van der Waals surface area contributed by atoms with Crippen LogP contribution in [0.5, 0.6) is 0 Å². The van der Waals surface area contributed by atoms with E-state index in [-0.39, 0.29) is 12.8 Å². The fourth-order valence-corrected chi connectivity index (χ4v) is 3.88. The van der Waals surface area contributed by atoms with Gasteiger partial charge in [-0.3, -0.25) is 14.2 Å². The van der Waals surface area contributed by atoms with Gasteiger partial charge in [-0.05, 0) is 19.8 Å². The quantitative estimate of drug-likeness (QED) is 0.227. The summed E-state index contributed by atoms with van der Waals surface area (Å²) in [6.45, 7) is 3.84. The zero-order chi connectivity index (χ0) is 19.5. The molecule has 7 nitrogen and oxygen atoms in total. The second-order valence-electron chi connectivity index (χ2n) is 6.49. The normalized spacial score (nSPS) is 15.6. The molecule has 0 bridgehead atoms. The number of carbonyl (C=O) groups excluding carboxylic acids is 2. The van der Waals surface area contributed by atoms with Gasteiger partial charge in [-0.25, -0.2) is 0 Å². The van der Waals surface area contributed by atoms with Gasteiger partial charge in [-0.15, -0.1) is 0 Å². The predicted molar refractivity (Wildman–Crippen MR) is 95.6 cm³/mol. The summed E-state index contributed by atoms with van der Waals surface area (Å²) in [6, 6.07) is 0. The Morgan fingerprint density at radius 3 is 1.84 bits per heavy atom. The smallest absolute Gasteiger partial charge is 0.348 e. The number of aliphatic hydroxyl groups is 2. The highest BCUT2D eigenvalue weighted by molar-refractivity contribution is 7.57. The van der Waals surface area contributed by atoms with Gasteiger partial charge in [0.05, 0.1) is 13.2 Å². The second-order valence-corrected chi connectivity index (χ2v) is 8.68. The summed E-state index contributed by atoms with van der Waals surface area (Å²) < 4.78 is 17.6. The zero-order valence-electron chi connectivity index (χ0n) is 15.6. The maximum Gasteiger partial charge on any atom is 0.348 e. The Balaban J connectivity index is 5.37. The number of carbonyl (C=O) groups is 2. The molecular weight excluding hydrogens is 347 g/mol. The van der Waals surface area contributed by atoms with Crippen molar-refractivity contribution in [2.45, 2.75) is 83.4 Å². The zero-order valence-corrected chi connectivity index (χ0v) is 16.5. The van der Waals surface area contributed by atoms with Crippen molar-refractivity contribution in [2.24, 2.45) is 0 Å². The molecule has 1 unspecified atom stereocenters. The van der Waals surface area contributed by atoms with Gasteiger partial charge in [0.2, 0.25) is 0 Å². The molecule has 3 N–H and O–H groups in total. The number of Topliss-reactive ketones (excluding diaryl/α,β-unsaturated/α-hetero) is 2. The summed E-state index contributed by atoms with van der Waals surface area (Å²) >= 11 is 0. The van der Waals surface area contributed by atoms with E-state index in [4.69, 9.17) is 9.63 Å². The van der Waals surface area contributed by atoms with Crippen LogP contribution in [0.2, 0.25) is 0 Å². The molecular formula is C17H33O7P. The number of ketones is 2. The highest BCUT2D eigenvalue weighted by atomic mass is 31.2.